The molecule has 7 aromatic rings. The molecule has 8 heteroatoms. The van der Waals surface area contributed by atoms with Crippen molar-refractivity contribution < 1.29 is 24.1 Å². The normalized spacial score (nSPS) is 18.4. The van der Waals surface area contributed by atoms with Gasteiger partial charge in [0.25, 0.3) is 0 Å². The van der Waals surface area contributed by atoms with Gasteiger partial charge in [-0.05, 0) is 33.4 Å². The molecule has 0 spiro atoms. The molecule has 0 amide bonds. The van der Waals surface area contributed by atoms with Gasteiger partial charge in [0, 0.05) is 12.3 Å². The maximum absolute atomic E-state index is 13.7. The summed E-state index contributed by atoms with van der Waals surface area (Å²) in [6.07, 6.45) is -2.88. The second-order valence-corrected chi connectivity index (χ2v) is 13.7. The first-order valence-corrected chi connectivity index (χ1v) is 18.7. The molecule has 0 unspecified atom stereocenters. The number of hydrogen-bond acceptors (Lipinski definition) is 7. The van der Waals surface area contributed by atoms with Crippen LogP contribution < -0.4 is 10.4 Å². The molecule has 280 valence electrons. The number of hydrogen-bond donors (Lipinski definition) is 1. The number of methoxy groups -OCH3 is 1. The Kier molecular flexibility index (Phi) is 10.7. The van der Waals surface area contributed by atoms with E-state index in [0.29, 0.717) is 0 Å². The molecular weight excluding hydrogens is 701 g/mol. The van der Waals surface area contributed by atoms with Crippen molar-refractivity contribution in [1.29, 1.82) is 0 Å². The zero-order valence-electron chi connectivity index (χ0n) is 30.9. The number of ether oxygens (including phenoxy) is 4. The van der Waals surface area contributed by atoms with Crippen LogP contribution in [0, 0.1) is 0 Å². The lowest BCUT2D eigenvalue weighted by atomic mass is 9.79. The van der Waals surface area contributed by atoms with Gasteiger partial charge in [-0.15, -0.1) is 0 Å². The maximum Gasteiger partial charge on any atom is 0.353 e. The Hall–Kier alpha value is -6.16. The molecule has 6 aromatic carbocycles. The molecule has 0 aliphatic carbocycles. The standard InChI is InChI=1S/C48H42N2O6/c1-53-42-32-33-50(46(52)49-42)45-44(56-48(38-26-14-5-15-27-38,39-28-16-6-17-29-39)40-30-18-7-19-31-40)43(51)41(55-45)34-54-47(35-20-8-2-9-21-35,36-22-10-3-11-23-36)37-24-12-4-13-25-37/h2-33,41,43-45,51H,34H2,1H3/t41-,43-,44-,45-/m1/s1. The zero-order valence-corrected chi connectivity index (χ0v) is 30.9. The first kappa shape index (κ1) is 36.8. The van der Waals surface area contributed by atoms with E-state index in [1.165, 1.54) is 11.7 Å². The van der Waals surface area contributed by atoms with Gasteiger partial charge in [-0.25, -0.2) is 4.79 Å². The van der Waals surface area contributed by atoms with Crippen molar-refractivity contribution >= 4 is 0 Å². The van der Waals surface area contributed by atoms with Crippen molar-refractivity contribution in [3.05, 3.63) is 238 Å². The summed E-state index contributed by atoms with van der Waals surface area (Å²) in [5.74, 6) is 0.160. The summed E-state index contributed by atoms with van der Waals surface area (Å²) in [7, 11) is 1.45. The fourth-order valence-electron chi connectivity index (χ4n) is 7.81. The quantitative estimate of drug-likeness (QED) is 0.120. The molecule has 1 N–H and O–H groups in total. The van der Waals surface area contributed by atoms with E-state index < -0.39 is 41.4 Å². The van der Waals surface area contributed by atoms with Crippen molar-refractivity contribution in [2.45, 2.75) is 35.7 Å². The van der Waals surface area contributed by atoms with Crippen LogP contribution in [-0.4, -0.2) is 46.7 Å². The minimum atomic E-state index is -1.27. The third-order valence-electron chi connectivity index (χ3n) is 10.5. The van der Waals surface area contributed by atoms with Crippen molar-refractivity contribution in [3.8, 4) is 5.88 Å². The summed E-state index contributed by atoms with van der Waals surface area (Å²) in [6.45, 7) is -0.0659. The Bertz CT molecular complexity index is 2170. The molecule has 0 radical (unpaired) electrons. The number of aromatic nitrogens is 2. The SMILES string of the molecule is COc1ccn([C@@H]2O[C@H](COC(c3ccccc3)(c3ccccc3)c3ccccc3)[C@@H](O)[C@H]2OC(c2ccccc2)(c2ccccc2)c2ccccc2)c(=O)n1. The molecule has 0 saturated carbocycles. The minimum Gasteiger partial charge on any atom is -0.481 e. The highest BCUT2D eigenvalue weighted by Gasteiger charge is 2.52. The highest BCUT2D eigenvalue weighted by molar-refractivity contribution is 5.49. The first-order valence-electron chi connectivity index (χ1n) is 18.7. The molecule has 1 aromatic heterocycles. The Morgan fingerprint density at radius 3 is 1.32 bits per heavy atom. The van der Waals surface area contributed by atoms with Crippen molar-refractivity contribution in [3.63, 3.8) is 0 Å². The van der Waals surface area contributed by atoms with Gasteiger partial charge < -0.3 is 24.1 Å². The van der Waals surface area contributed by atoms with Crippen LogP contribution in [0.2, 0.25) is 0 Å². The molecule has 1 aliphatic heterocycles. The first-order chi connectivity index (χ1) is 27.5. The topological polar surface area (TPSA) is 92.0 Å². The summed E-state index contributed by atoms with van der Waals surface area (Å²) in [5, 5.41) is 12.6. The summed E-state index contributed by atoms with van der Waals surface area (Å²) in [6, 6.07) is 61.3. The third-order valence-corrected chi connectivity index (χ3v) is 10.5. The highest BCUT2D eigenvalue weighted by atomic mass is 16.6. The zero-order chi connectivity index (χ0) is 38.4. The van der Waals surface area contributed by atoms with E-state index in [9.17, 15) is 9.90 Å². The lowest BCUT2D eigenvalue weighted by Gasteiger charge is -2.40. The van der Waals surface area contributed by atoms with Crippen LogP contribution >= 0.6 is 0 Å². The number of benzene rings is 6. The van der Waals surface area contributed by atoms with Crippen LogP contribution in [0.15, 0.2) is 199 Å². The van der Waals surface area contributed by atoms with E-state index in [4.69, 9.17) is 18.9 Å². The van der Waals surface area contributed by atoms with Crippen LogP contribution in [-0.2, 0) is 25.4 Å². The van der Waals surface area contributed by atoms with E-state index in [0.717, 1.165) is 33.4 Å². The fraction of sp³-hybridized carbons (Fsp3) is 0.167. The largest absolute Gasteiger partial charge is 0.481 e. The van der Waals surface area contributed by atoms with Gasteiger partial charge in [0.05, 0.1) is 13.7 Å². The molecular formula is C48H42N2O6. The molecule has 8 rings (SSSR count). The number of nitrogens with zero attached hydrogens (tertiary/aromatic N) is 2. The van der Waals surface area contributed by atoms with Crippen LogP contribution in [0.1, 0.15) is 39.6 Å². The Labute approximate surface area is 326 Å². The smallest absolute Gasteiger partial charge is 0.353 e. The second-order valence-electron chi connectivity index (χ2n) is 13.7. The lowest BCUT2D eigenvalue weighted by Crippen LogP contribution is -2.46. The van der Waals surface area contributed by atoms with Gasteiger partial charge >= 0.3 is 5.69 Å². The van der Waals surface area contributed by atoms with Gasteiger partial charge in [-0.1, -0.05) is 182 Å². The van der Waals surface area contributed by atoms with E-state index in [1.54, 1.807) is 12.3 Å². The fourth-order valence-corrected chi connectivity index (χ4v) is 7.81. The van der Waals surface area contributed by atoms with Crippen LogP contribution in [0.25, 0.3) is 0 Å². The summed E-state index contributed by atoms with van der Waals surface area (Å²) in [4.78, 5) is 17.8. The monoisotopic (exact) mass is 742 g/mol. The van der Waals surface area contributed by atoms with Crippen LogP contribution in [0.5, 0.6) is 5.88 Å². The predicted molar refractivity (Wildman–Crippen MR) is 214 cm³/mol. The molecule has 8 nitrogen and oxygen atoms in total. The lowest BCUT2D eigenvalue weighted by molar-refractivity contribution is -0.125. The molecule has 4 atom stereocenters. The average molecular weight is 743 g/mol. The Balaban J connectivity index is 1.26. The molecule has 1 fully saturated rings. The van der Waals surface area contributed by atoms with E-state index in [2.05, 4.69) is 4.98 Å². The minimum absolute atomic E-state index is 0.0659. The highest BCUT2D eigenvalue weighted by Crippen LogP contribution is 2.46. The van der Waals surface area contributed by atoms with E-state index in [1.807, 2.05) is 182 Å². The predicted octanol–water partition coefficient (Wildman–Crippen LogP) is 7.90. The van der Waals surface area contributed by atoms with Gasteiger partial charge in [0.2, 0.25) is 5.88 Å². The van der Waals surface area contributed by atoms with Gasteiger partial charge in [0.1, 0.15) is 29.5 Å². The van der Waals surface area contributed by atoms with Gasteiger partial charge in [-0.3, -0.25) is 4.57 Å². The maximum atomic E-state index is 13.7. The molecule has 1 aliphatic rings. The van der Waals surface area contributed by atoms with Crippen molar-refractivity contribution in [2.75, 3.05) is 13.7 Å². The number of aliphatic hydroxyl groups is 1. The van der Waals surface area contributed by atoms with Crippen molar-refractivity contribution in [1.82, 2.24) is 9.55 Å². The third kappa shape index (κ3) is 6.84. The second kappa shape index (κ2) is 16.3. The summed E-state index contributed by atoms with van der Waals surface area (Å²) >= 11 is 0. The molecule has 2 heterocycles. The van der Waals surface area contributed by atoms with Crippen LogP contribution in [0.4, 0.5) is 0 Å². The Morgan fingerprint density at radius 1 is 0.589 bits per heavy atom. The molecule has 1 saturated heterocycles. The van der Waals surface area contributed by atoms with Crippen molar-refractivity contribution in [2.24, 2.45) is 0 Å². The molecule has 0 bridgehead atoms. The van der Waals surface area contributed by atoms with Crippen LogP contribution in [0.3, 0.4) is 0 Å². The average Bonchev–Trinajstić information content (AvgIpc) is 3.58. The van der Waals surface area contributed by atoms with E-state index in [-0.39, 0.29) is 12.5 Å². The summed E-state index contributed by atoms with van der Waals surface area (Å²) < 4.78 is 28.0. The van der Waals surface area contributed by atoms with Gasteiger partial charge in [-0.2, -0.15) is 4.98 Å². The van der Waals surface area contributed by atoms with Gasteiger partial charge in [0.15, 0.2) is 6.23 Å². The number of aliphatic hydroxyl groups excluding tert-OH is 1. The van der Waals surface area contributed by atoms with E-state index >= 15 is 0 Å². The summed E-state index contributed by atoms with van der Waals surface area (Å²) in [5.41, 5.74) is 2.27. The molecule has 56 heavy (non-hydrogen) atoms. The number of rotatable bonds is 13. The Morgan fingerprint density at radius 2 is 0.964 bits per heavy atom.